The molecule has 0 saturated heterocycles. The molecule has 1 aromatic carbocycles. The van der Waals surface area contributed by atoms with Crippen LogP contribution in [0.25, 0.3) is 0 Å². The SMILES string of the molecule is Cc1ccc(O)c2c1C(C)CC2NC1CCCCC1(C)C. The predicted octanol–water partition coefficient (Wildman–Crippen LogP) is 4.81. The smallest absolute Gasteiger partial charge is 0.120 e. The van der Waals surface area contributed by atoms with Gasteiger partial charge < -0.3 is 10.4 Å². The molecule has 0 amide bonds. The Labute approximate surface area is 129 Å². The van der Waals surface area contributed by atoms with Gasteiger partial charge >= 0.3 is 0 Å². The normalized spacial score (nSPS) is 31.1. The fourth-order valence-corrected chi connectivity index (χ4v) is 4.54. The summed E-state index contributed by atoms with van der Waals surface area (Å²) in [5.41, 5.74) is 4.23. The average molecular weight is 287 g/mol. The lowest BCUT2D eigenvalue weighted by Gasteiger charge is -2.41. The Bertz CT molecular complexity index is 535. The van der Waals surface area contributed by atoms with Crippen LogP contribution in [0.4, 0.5) is 0 Å². The average Bonchev–Trinajstić information content (AvgIpc) is 2.75. The van der Waals surface area contributed by atoms with Crippen LogP contribution in [0.5, 0.6) is 5.75 Å². The summed E-state index contributed by atoms with van der Waals surface area (Å²) in [5, 5.41) is 14.3. The van der Waals surface area contributed by atoms with Crippen LogP contribution < -0.4 is 5.32 Å². The summed E-state index contributed by atoms with van der Waals surface area (Å²) in [4.78, 5) is 0. The van der Waals surface area contributed by atoms with Crippen molar-refractivity contribution in [2.24, 2.45) is 5.41 Å². The van der Waals surface area contributed by atoms with Gasteiger partial charge in [-0.2, -0.15) is 0 Å². The second-order valence-corrected chi connectivity index (χ2v) is 7.87. The number of aromatic hydroxyl groups is 1. The second-order valence-electron chi connectivity index (χ2n) is 7.87. The Morgan fingerprint density at radius 1 is 1.19 bits per heavy atom. The van der Waals surface area contributed by atoms with Crippen molar-refractivity contribution in [3.8, 4) is 5.75 Å². The molecule has 2 aliphatic carbocycles. The maximum Gasteiger partial charge on any atom is 0.120 e. The quantitative estimate of drug-likeness (QED) is 0.818. The number of benzene rings is 1. The lowest BCUT2D eigenvalue weighted by atomic mass is 9.73. The first-order valence-corrected chi connectivity index (χ1v) is 8.48. The summed E-state index contributed by atoms with van der Waals surface area (Å²) < 4.78 is 0. The molecule has 1 saturated carbocycles. The van der Waals surface area contributed by atoms with Crippen molar-refractivity contribution in [1.29, 1.82) is 0 Å². The Kier molecular flexibility index (Phi) is 3.77. The molecule has 2 nitrogen and oxygen atoms in total. The molecule has 116 valence electrons. The van der Waals surface area contributed by atoms with Gasteiger partial charge in [-0.3, -0.25) is 0 Å². The van der Waals surface area contributed by atoms with Crippen molar-refractivity contribution in [2.75, 3.05) is 0 Å². The Balaban J connectivity index is 1.88. The van der Waals surface area contributed by atoms with Gasteiger partial charge in [-0.1, -0.05) is 39.7 Å². The summed E-state index contributed by atoms with van der Waals surface area (Å²) in [5.74, 6) is 1.02. The highest BCUT2D eigenvalue weighted by Gasteiger charge is 2.38. The van der Waals surface area contributed by atoms with E-state index in [4.69, 9.17) is 0 Å². The van der Waals surface area contributed by atoms with Gasteiger partial charge in [0.05, 0.1) is 0 Å². The fourth-order valence-electron chi connectivity index (χ4n) is 4.54. The van der Waals surface area contributed by atoms with Gasteiger partial charge in [-0.05, 0) is 54.7 Å². The van der Waals surface area contributed by atoms with E-state index < -0.39 is 0 Å². The second kappa shape index (κ2) is 5.31. The lowest BCUT2D eigenvalue weighted by Crippen LogP contribution is -2.45. The monoisotopic (exact) mass is 287 g/mol. The third-order valence-electron chi connectivity index (χ3n) is 5.82. The largest absolute Gasteiger partial charge is 0.508 e. The number of aryl methyl sites for hydroxylation is 1. The standard InChI is InChI=1S/C19H29NO/c1-12-8-9-15(21)18-14(11-13(2)17(12)18)20-16-7-5-6-10-19(16,3)4/h8-9,13-14,16,20-21H,5-7,10-11H2,1-4H3. The lowest BCUT2D eigenvalue weighted by molar-refractivity contribution is 0.154. The van der Waals surface area contributed by atoms with Gasteiger partial charge in [0.15, 0.2) is 0 Å². The fraction of sp³-hybridized carbons (Fsp3) is 0.684. The van der Waals surface area contributed by atoms with E-state index in [0.717, 1.165) is 6.42 Å². The van der Waals surface area contributed by atoms with Crippen molar-refractivity contribution in [2.45, 2.75) is 77.8 Å². The van der Waals surface area contributed by atoms with E-state index in [0.29, 0.717) is 29.2 Å². The van der Waals surface area contributed by atoms with Gasteiger partial charge in [0.1, 0.15) is 5.75 Å². The van der Waals surface area contributed by atoms with Crippen LogP contribution >= 0.6 is 0 Å². The van der Waals surface area contributed by atoms with E-state index in [1.165, 1.54) is 42.4 Å². The van der Waals surface area contributed by atoms with Crippen molar-refractivity contribution in [3.05, 3.63) is 28.8 Å². The van der Waals surface area contributed by atoms with Crippen LogP contribution in [-0.4, -0.2) is 11.1 Å². The molecule has 21 heavy (non-hydrogen) atoms. The number of phenolic OH excluding ortho intramolecular Hbond substituents is 1. The van der Waals surface area contributed by atoms with Crippen LogP contribution in [0.15, 0.2) is 12.1 Å². The molecule has 2 heteroatoms. The zero-order valence-electron chi connectivity index (χ0n) is 13.9. The molecule has 1 fully saturated rings. The molecule has 3 unspecified atom stereocenters. The van der Waals surface area contributed by atoms with Crippen molar-refractivity contribution in [3.63, 3.8) is 0 Å². The number of hydrogen-bond donors (Lipinski definition) is 2. The van der Waals surface area contributed by atoms with Crippen LogP contribution in [0.2, 0.25) is 0 Å². The van der Waals surface area contributed by atoms with Crippen LogP contribution in [0.1, 0.15) is 81.5 Å². The van der Waals surface area contributed by atoms with E-state index in [1.54, 1.807) is 0 Å². The topological polar surface area (TPSA) is 32.3 Å². The number of fused-ring (bicyclic) bond motifs is 1. The summed E-state index contributed by atoms with van der Waals surface area (Å²) >= 11 is 0. The third kappa shape index (κ3) is 2.59. The minimum absolute atomic E-state index is 0.317. The highest BCUT2D eigenvalue weighted by Crippen LogP contribution is 2.47. The number of phenols is 1. The van der Waals surface area contributed by atoms with E-state index in [-0.39, 0.29) is 0 Å². The van der Waals surface area contributed by atoms with E-state index in [2.05, 4.69) is 39.1 Å². The summed E-state index contributed by atoms with van der Waals surface area (Å²) in [6, 6.07) is 4.80. The van der Waals surface area contributed by atoms with Gasteiger partial charge in [0.25, 0.3) is 0 Å². The minimum Gasteiger partial charge on any atom is -0.508 e. The first kappa shape index (κ1) is 14.9. The molecule has 0 aromatic heterocycles. The molecular weight excluding hydrogens is 258 g/mol. The summed E-state index contributed by atoms with van der Waals surface area (Å²) in [6.07, 6.45) is 6.36. The molecule has 0 bridgehead atoms. The third-order valence-corrected chi connectivity index (χ3v) is 5.82. The Hall–Kier alpha value is -1.02. The van der Waals surface area contributed by atoms with Gasteiger partial charge in [-0.25, -0.2) is 0 Å². The maximum absolute atomic E-state index is 10.4. The van der Waals surface area contributed by atoms with Crippen molar-refractivity contribution >= 4 is 0 Å². The van der Waals surface area contributed by atoms with Crippen LogP contribution in [-0.2, 0) is 0 Å². The van der Waals surface area contributed by atoms with E-state index in [9.17, 15) is 5.11 Å². The Morgan fingerprint density at radius 3 is 2.67 bits per heavy atom. The molecular formula is C19H29NO. The molecule has 1 aromatic rings. The number of hydrogen-bond acceptors (Lipinski definition) is 2. The van der Waals surface area contributed by atoms with Crippen LogP contribution in [0, 0.1) is 12.3 Å². The van der Waals surface area contributed by atoms with E-state index in [1.807, 2.05) is 6.07 Å². The maximum atomic E-state index is 10.4. The molecule has 2 aliphatic rings. The number of rotatable bonds is 2. The first-order valence-electron chi connectivity index (χ1n) is 8.48. The predicted molar refractivity (Wildman–Crippen MR) is 87.8 cm³/mol. The first-order chi connectivity index (χ1) is 9.90. The molecule has 0 aliphatic heterocycles. The minimum atomic E-state index is 0.317. The summed E-state index contributed by atoms with van der Waals surface area (Å²) in [6.45, 7) is 9.24. The van der Waals surface area contributed by atoms with Gasteiger partial charge in [0.2, 0.25) is 0 Å². The highest BCUT2D eigenvalue weighted by molar-refractivity contribution is 5.51. The van der Waals surface area contributed by atoms with E-state index >= 15 is 0 Å². The zero-order chi connectivity index (χ0) is 15.2. The molecule has 0 heterocycles. The van der Waals surface area contributed by atoms with Crippen molar-refractivity contribution in [1.82, 2.24) is 5.32 Å². The van der Waals surface area contributed by atoms with Crippen molar-refractivity contribution < 1.29 is 5.11 Å². The zero-order valence-corrected chi connectivity index (χ0v) is 13.9. The van der Waals surface area contributed by atoms with Gasteiger partial charge in [-0.15, -0.1) is 0 Å². The highest BCUT2D eigenvalue weighted by atomic mass is 16.3. The molecule has 2 N–H and O–H groups in total. The van der Waals surface area contributed by atoms with Gasteiger partial charge in [0, 0.05) is 17.6 Å². The molecule has 0 spiro atoms. The Morgan fingerprint density at radius 2 is 1.95 bits per heavy atom. The molecule has 0 radical (unpaired) electrons. The van der Waals surface area contributed by atoms with Crippen LogP contribution in [0.3, 0.4) is 0 Å². The summed E-state index contributed by atoms with van der Waals surface area (Å²) in [7, 11) is 0. The molecule has 3 rings (SSSR count). The molecule has 3 atom stereocenters. The number of nitrogens with one attached hydrogen (secondary N) is 1.